The van der Waals surface area contributed by atoms with E-state index in [2.05, 4.69) is 10.3 Å². The molecule has 3 aromatic rings. The van der Waals surface area contributed by atoms with E-state index in [4.69, 9.17) is 0 Å². The van der Waals surface area contributed by atoms with E-state index in [1.54, 1.807) is 4.68 Å². The smallest absolute Gasteiger partial charge is 0.390 e. The molecular weight excluding hydrogens is 319 g/mol. The zero-order valence-electron chi connectivity index (χ0n) is 12.5. The molecule has 0 atom stereocenters. The van der Waals surface area contributed by atoms with Crippen molar-refractivity contribution in [3.05, 3.63) is 71.4 Å². The van der Waals surface area contributed by atoms with Crippen molar-refractivity contribution in [2.24, 2.45) is 0 Å². The van der Waals surface area contributed by atoms with Crippen molar-refractivity contribution in [1.82, 2.24) is 15.0 Å². The zero-order valence-corrected chi connectivity index (χ0v) is 12.5. The number of hydrogen-bond acceptors (Lipinski definition) is 3. The van der Waals surface area contributed by atoms with Gasteiger partial charge in [0.15, 0.2) is 0 Å². The van der Waals surface area contributed by atoms with Gasteiger partial charge in [0, 0.05) is 5.56 Å². The fourth-order valence-corrected chi connectivity index (χ4v) is 2.41. The van der Waals surface area contributed by atoms with Crippen molar-refractivity contribution in [2.75, 3.05) is 0 Å². The minimum atomic E-state index is -4.39. The van der Waals surface area contributed by atoms with Gasteiger partial charge in [0.25, 0.3) is 0 Å². The van der Waals surface area contributed by atoms with Crippen LogP contribution in [0.1, 0.15) is 16.8 Å². The highest BCUT2D eigenvalue weighted by Gasteiger charge is 2.30. The highest BCUT2D eigenvalue weighted by atomic mass is 19.4. The molecule has 24 heavy (non-hydrogen) atoms. The van der Waals surface area contributed by atoms with Crippen LogP contribution in [0.4, 0.5) is 13.2 Å². The van der Waals surface area contributed by atoms with Gasteiger partial charge in [-0.15, -0.1) is 5.10 Å². The lowest BCUT2D eigenvalue weighted by Gasteiger charge is -2.08. The summed E-state index contributed by atoms with van der Waals surface area (Å²) in [6.45, 7) is 0.112. The molecule has 0 radical (unpaired) electrons. The number of halogens is 3. The molecule has 2 aromatic carbocycles. The predicted molar refractivity (Wildman–Crippen MR) is 81.9 cm³/mol. The molecular formula is C17H14F3N3O. The first-order valence-corrected chi connectivity index (χ1v) is 7.24. The third-order valence-electron chi connectivity index (χ3n) is 3.65. The SMILES string of the molecule is OCc1c(-c2ccc(C(F)(F)F)cc2)nnn1Cc1ccccc1. The van der Waals surface area contributed by atoms with Gasteiger partial charge in [0.2, 0.25) is 0 Å². The van der Waals surface area contributed by atoms with Crippen LogP contribution in [0.2, 0.25) is 0 Å². The van der Waals surface area contributed by atoms with Gasteiger partial charge in [-0.05, 0) is 17.7 Å². The largest absolute Gasteiger partial charge is 0.416 e. The summed E-state index contributed by atoms with van der Waals surface area (Å²) in [5.41, 5.74) is 1.57. The number of aliphatic hydroxyl groups excluding tert-OH is 1. The first-order valence-electron chi connectivity index (χ1n) is 7.24. The second kappa shape index (κ2) is 6.45. The third-order valence-corrected chi connectivity index (χ3v) is 3.65. The molecule has 0 fully saturated rings. The first-order chi connectivity index (χ1) is 11.5. The topological polar surface area (TPSA) is 50.9 Å². The predicted octanol–water partition coefficient (Wildman–Crippen LogP) is 3.50. The molecule has 0 bridgehead atoms. The number of rotatable bonds is 4. The van der Waals surface area contributed by atoms with Crippen molar-refractivity contribution in [3.63, 3.8) is 0 Å². The number of aliphatic hydroxyl groups is 1. The molecule has 0 saturated carbocycles. The van der Waals surface area contributed by atoms with Crippen LogP contribution in [0.3, 0.4) is 0 Å². The van der Waals surface area contributed by atoms with Crippen LogP contribution in [-0.4, -0.2) is 20.1 Å². The molecule has 124 valence electrons. The lowest BCUT2D eigenvalue weighted by Crippen LogP contribution is -2.07. The lowest BCUT2D eigenvalue weighted by atomic mass is 10.1. The van der Waals surface area contributed by atoms with Crippen molar-refractivity contribution >= 4 is 0 Å². The summed E-state index contributed by atoms with van der Waals surface area (Å²) in [6.07, 6.45) is -4.39. The quantitative estimate of drug-likeness (QED) is 0.795. The Balaban J connectivity index is 1.92. The van der Waals surface area contributed by atoms with Gasteiger partial charge in [0.1, 0.15) is 5.69 Å². The number of hydrogen-bond donors (Lipinski definition) is 1. The van der Waals surface area contributed by atoms with E-state index in [0.717, 1.165) is 17.7 Å². The van der Waals surface area contributed by atoms with Crippen molar-refractivity contribution in [1.29, 1.82) is 0 Å². The molecule has 0 spiro atoms. The third kappa shape index (κ3) is 3.30. The average Bonchev–Trinajstić information content (AvgIpc) is 2.97. The first kappa shape index (κ1) is 16.2. The summed E-state index contributed by atoms with van der Waals surface area (Å²) in [4.78, 5) is 0. The molecule has 0 aliphatic heterocycles. The van der Waals surface area contributed by atoms with Gasteiger partial charge in [-0.25, -0.2) is 4.68 Å². The van der Waals surface area contributed by atoms with Crippen molar-refractivity contribution in [3.8, 4) is 11.3 Å². The summed E-state index contributed by atoms with van der Waals surface area (Å²) in [6, 6.07) is 14.2. The Morgan fingerprint density at radius 3 is 2.21 bits per heavy atom. The molecule has 0 saturated heterocycles. The molecule has 0 unspecified atom stereocenters. The molecule has 1 N–H and O–H groups in total. The maximum atomic E-state index is 12.6. The summed E-state index contributed by atoms with van der Waals surface area (Å²) >= 11 is 0. The summed E-state index contributed by atoms with van der Waals surface area (Å²) in [7, 11) is 0. The number of nitrogens with zero attached hydrogens (tertiary/aromatic N) is 3. The van der Waals surface area contributed by atoms with Gasteiger partial charge in [0.05, 0.1) is 24.4 Å². The average molecular weight is 333 g/mol. The highest BCUT2D eigenvalue weighted by Crippen LogP contribution is 2.31. The zero-order chi connectivity index (χ0) is 17.2. The second-order valence-electron chi connectivity index (χ2n) is 5.26. The molecule has 3 rings (SSSR count). The highest BCUT2D eigenvalue weighted by molar-refractivity contribution is 5.61. The number of benzene rings is 2. The molecule has 0 aliphatic carbocycles. The Hall–Kier alpha value is -2.67. The molecule has 1 heterocycles. The normalized spacial score (nSPS) is 11.7. The fourth-order valence-electron chi connectivity index (χ4n) is 2.41. The number of alkyl halides is 3. The minimum absolute atomic E-state index is 0.309. The van der Waals surface area contributed by atoms with Crippen LogP contribution in [0.15, 0.2) is 54.6 Å². The second-order valence-corrected chi connectivity index (χ2v) is 5.26. The van der Waals surface area contributed by atoms with E-state index in [1.807, 2.05) is 30.3 Å². The Labute approximate surface area is 136 Å². The monoisotopic (exact) mass is 333 g/mol. The minimum Gasteiger partial charge on any atom is -0.390 e. The van der Waals surface area contributed by atoms with Gasteiger partial charge in [-0.3, -0.25) is 0 Å². The van der Waals surface area contributed by atoms with Crippen LogP contribution < -0.4 is 0 Å². The molecule has 4 nitrogen and oxygen atoms in total. The fraction of sp³-hybridized carbons (Fsp3) is 0.176. The Morgan fingerprint density at radius 2 is 1.62 bits per heavy atom. The van der Waals surface area contributed by atoms with Gasteiger partial charge in [-0.2, -0.15) is 13.2 Å². The lowest BCUT2D eigenvalue weighted by molar-refractivity contribution is -0.137. The van der Waals surface area contributed by atoms with Crippen LogP contribution in [0.5, 0.6) is 0 Å². The standard InChI is InChI=1S/C17H14F3N3O/c18-17(19,20)14-8-6-13(7-9-14)16-15(11-24)23(22-21-16)10-12-4-2-1-3-5-12/h1-9,24H,10-11H2. The maximum absolute atomic E-state index is 12.6. The Morgan fingerprint density at radius 1 is 0.958 bits per heavy atom. The summed E-state index contributed by atoms with van der Waals surface area (Å²) < 4.78 is 39.5. The number of aromatic nitrogens is 3. The van der Waals surface area contributed by atoms with Crippen LogP contribution in [-0.2, 0) is 19.3 Å². The molecule has 0 amide bonds. The maximum Gasteiger partial charge on any atom is 0.416 e. The van der Waals surface area contributed by atoms with E-state index < -0.39 is 11.7 Å². The van der Waals surface area contributed by atoms with Gasteiger partial charge >= 0.3 is 6.18 Å². The van der Waals surface area contributed by atoms with Crippen LogP contribution >= 0.6 is 0 Å². The van der Waals surface area contributed by atoms with E-state index in [-0.39, 0.29) is 6.61 Å². The Kier molecular flexibility index (Phi) is 4.35. The molecule has 7 heteroatoms. The van der Waals surface area contributed by atoms with Gasteiger partial charge in [-0.1, -0.05) is 47.7 Å². The van der Waals surface area contributed by atoms with Crippen molar-refractivity contribution in [2.45, 2.75) is 19.3 Å². The summed E-state index contributed by atoms with van der Waals surface area (Å²) in [5.74, 6) is 0. The van der Waals surface area contributed by atoms with Crippen LogP contribution in [0.25, 0.3) is 11.3 Å². The molecule has 0 aliphatic rings. The Bertz CT molecular complexity index is 811. The van der Waals surface area contributed by atoms with E-state index >= 15 is 0 Å². The molecule has 1 aromatic heterocycles. The van der Waals surface area contributed by atoms with Crippen LogP contribution in [0, 0.1) is 0 Å². The van der Waals surface area contributed by atoms with Gasteiger partial charge < -0.3 is 5.11 Å². The van der Waals surface area contributed by atoms with E-state index in [0.29, 0.717) is 23.5 Å². The van der Waals surface area contributed by atoms with Crippen molar-refractivity contribution < 1.29 is 18.3 Å². The van der Waals surface area contributed by atoms with E-state index in [9.17, 15) is 18.3 Å². The summed E-state index contributed by atoms with van der Waals surface area (Å²) in [5, 5.41) is 17.7. The van der Waals surface area contributed by atoms with E-state index in [1.165, 1.54) is 12.1 Å².